The molecule has 0 aliphatic heterocycles. The van der Waals surface area contributed by atoms with E-state index in [1.54, 1.807) is 0 Å². The molecule has 1 aliphatic rings. The summed E-state index contributed by atoms with van der Waals surface area (Å²) in [6.07, 6.45) is 5.24. The molecule has 0 bridgehead atoms. The molecule has 0 atom stereocenters. The summed E-state index contributed by atoms with van der Waals surface area (Å²) in [5, 5.41) is 3.48. The fraction of sp³-hybridized carbons (Fsp3) is 0.722. The van der Waals surface area contributed by atoms with E-state index in [-0.39, 0.29) is 0 Å². The number of hydrogen-bond acceptors (Lipinski definition) is 3. The van der Waals surface area contributed by atoms with Crippen molar-refractivity contribution in [1.29, 1.82) is 0 Å². The normalized spacial score (nSPS) is 22.5. The van der Waals surface area contributed by atoms with Crippen LogP contribution in [0.5, 0.6) is 5.88 Å². The van der Waals surface area contributed by atoms with Crippen LogP contribution in [0.15, 0.2) is 12.1 Å². The van der Waals surface area contributed by atoms with Crippen LogP contribution in [0.1, 0.15) is 57.7 Å². The van der Waals surface area contributed by atoms with Crippen LogP contribution in [-0.2, 0) is 6.54 Å². The Bertz CT molecular complexity index is 437. The van der Waals surface area contributed by atoms with Gasteiger partial charge in [-0.25, -0.2) is 4.98 Å². The average molecular weight is 290 g/mol. The quantitative estimate of drug-likeness (QED) is 0.856. The van der Waals surface area contributed by atoms with Crippen LogP contribution in [0.2, 0.25) is 0 Å². The maximum atomic E-state index is 6.11. The van der Waals surface area contributed by atoms with E-state index in [0.29, 0.717) is 12.0 Å². The minimum absolute atomic E-state index is 0.354. The third-order valence-electron chi connectivity index (χ3n) is 4.12. The Morgan fingerprint density at radius 3 is 2.62 bits per heavy atom. The summed E-state index contributed by atoms with van der Waals surface area (Å²) in [7, 11) is 0. The number of pyridine rings is 1. The first-order valence-corrected chi connectivity index (χ1v) is 8.38. The predicted molar refractivity (Wildman–Crippen MR) is 87.6 cm³/mol. The zero-order valence-corrected chi connectivity index (χ0v) is 14.0. The van der Waals surface area contributed by atoms with E-state index in [4.69, 9.17) is 4.74 Å². The van der Waals surface area contributed by atoms with Crippen molar-refractivity contribution in [2.75, 3.05) is 6.54 Å². The van der Waals surface area contributed by atoms with Gasteiger partial charge in [-0.2, -0.15) is 0 Å². The summed E-state index contributed by atoms with van der Waals surface area (Å²) in [6, 6.07) is 4.24. The van der Waals surface area contributed by atoms with Crippen LogP contribution in [0, 0.1) is 18.8 Å². The van der Waals surface area contributed by atoms with Gasteiger partial charge in [0.1, 0.15) is 6.10 Å². The fourth-order valence-electron chi connectivity index (χ4n) is 2.89. The standard InChI is InChI=1S/C18H30N2O/c1-13(2)11-19-12-16-9-15(4)20-18(10-16)21-17-7-5-14(3)6-8-17/h9-10,13-14,17,19H,5-8,11-12H2,1-4H3. The molecule has 1 aromatic rings. The van der Waals surface area contributed by atoms with Crippen molar-refractivity contribution in [2.45, 2.75) is 66.0 Å². The van der Waals surface area contributed by atoms with Crippen LogP contribution >= 0.6 is 0 Å². The van der Waals surface area contributed by atoms with E-state index in [9.17, 15) is 0 Å². The van der Waals surface area contributed by atoms with E-state index in [0.717, 1.165) is 43.4 Å². The van der Waals surface area contributed by atoms with Crippen molar-refractivity contribution in [1.82, 2.24) is 10.3 Å². The number of ether oxygens (including phenoxy) is 1. The molecule has 1 N–H and O–H groups in total. The summed E-state index contributed by atoms with van der Waals surface area (Å²) < 4.78 is 6.11. The molecule has 0 amide bonds. The van der Waals surface area contributed by atoms with Crippen molar-refractivity contribution in [3.05, 3.63) is 23.4 Å². The lowest BCUT2D eigenvalue weighted by Gasteiger charge is -2.26. The highest BCUT2D eigenvalue weighted by Crippen LogP contribution is 2.27. The second-order valence-electron chi connectivity index (χ2n) is 6.98. The predicted octanol–water partition coefficient (Wildman–Crippen LogP) is 4.09. The van der Waals surface area contributed by atoms with Crippen molar-refractivity contribution >= 4 is 0 Å². The second kappa shape index (κ2) is 7.79. The van der Waals surface area contributed by atoms with Crippen molar-refractivity contribution in [3.8, 4) is 5.88 Å². The van der Waals surface area contributed by atoms with Gasteiger partial charge in [0, 0.05) is 18.3 Å². The smallest absolute Gasteiger partial charge is 0.214 e. The molecular weight excluding hydrogens is 260 g/mol. The number of rotatable bonds is 6. The Kier molecular flexibility index (Phi) is 6.04. The largest absolute Gasteiger partial charge is 0.474 e. The van der Waals surface area contributed by atoms with Crippen molar-refractivity contribution in [2.24, 2.45) is 11.8 Å². The Morgan fingerprint density at radius 1 is 1.24 bits per heavy atom. The van der Waals surface area contributed by atoms with Crippen LogP contribution < -0.4 is 10.1 Å². The highest BCUT2D eigenvalue weighted by Gasteiger charge is 2.20. The van der Waals surface area contributed by atoms with E-state index >= 15 is 0 Å². The lowest BCUT2D eigenvalue weighted by molar-refractivity contribution is 0.130. The monoisotopic (exact) mass is 290 g/mol. The average Bonchev–Trinajstić information content (AvgIpc) is 2.40. The SMILES string of the molecule is Cc1cc(CNCC(C)C)cc(OC2CCC(C)CC2)n1. The number of nitrogens with zero attached hydrogens (tertiary/aromatic N) is 1. The Balaban J connectivity index is 1.91. The van der Waals surface area contributed by atoms with Gasteiger partial charge < -0.3 is 10.1 Å². The van der Waals surface area contributed by atoms with Gasteiger partial charge in [0.05, 0.1) is 0 Å². The molecule has 0 aromatic carbocycles. The summed E-state index contributed by atoms with van der Waals surface area (Å²) in [5.74, 6) is 2.33. The Hall–Kier alpha value is -1.09. The molecule has 3 nitrogen and oxygen atoms in total. The first-order valence-electron chi connectivity index (χ1n) is 8.38. The molecule has 1 fully saturated rings. The molecule has 1 aromatic heterocycles. The summed E-state index contributed by atoms with van der Waals surface area (Å²) in [4.78, 5) is 4.54. The van der Waals surface area contributed by atoms with Crippen LogP contribution in [0.4, 0.5) is 0 Å². The molecule has 3 heteroatoms. The third-order valence-corrected chi connectivity index (χ3v) is 4.12. The molecule has 2 rings (SSSR count). The molecule has 0 saturated heterocycles. The maximum absolute atomic E-state index is 6.11. The molecule has 21 heavy (non-hydrogen) atoms. The molecule has 0 spiro atoms. The summed E-state index contributed by atoms with van der Waals surface area (Å²) in [6.45, 7) is 10.8. The van der Waals surface area contributed by atoms with Gasteiger partial charge >= 0.3 is 0 Å². The zero-order valence-electron chi connectivity index (χ0n) is 14.0. The van der Waals surface area contributed by atoms with Crippen molar-refractivity contribution in [3.63, 3.8) is 0 Å². The highest BCUT2D eigenvalue weighted by atomic mass is 16.5. The van der Waals surface area contributed by atoms with Gasteiger partial charge in [-0.1, -0.05) is 20.8 Å². The first kappa shape index (κ1) is 16.3. The first-order chi connectivity index (χ1) is 10.0. The van der Waals surface area contributed by atoms with Crippen LogP contribution in [0.25, 0.3) is 0 Å². The lowest BCUT2D eigenvalue weighted by atomic mass is 9.89. The van der Waals surface area contributed by atoms with E-state index < -0.39 is 0 Å². The third kappa shape index (κ3) is 5.66. The lowest BCUT2D eigenvalue weighted by Crippen LogP contribution is -2.24. The molecule has 0 radical (unpaired) electrons. The molecule has 1 aliphatic carbocycles. The topological polar surface area (TPSA) is 34.1 Å². The van der Waals surface area contributed by atoms with Crippen LogP contribution in [0.3, 0.4) is 0 Å². The molecule has 0 unspecified atom stereocenters. The molecular formula is C18H30N2O. The maximum Gasteiger partial charge on any atom is 0.214 e. The minimum atomic E-state index is 0.354. The van der Waals surface area contributed by atoms with Gasteiger partial charge in [0.15, 0.2) is 0 Å². The number of hydrogen-bond donors (Lipinski definition) is 1. The van der Waals surface area contributed by atoms with Gasteiger partial charge in [-0.3, -0.25) is 0 Å². The minimum Gasteiger partial charge on any atom is -0.474 e. The molecule has 118 valence electrons. The van der Waals surface area contributed by atoms with Crippen LogP contribution in [-0.4, -0.2) is 17.6 Å². The second-order valence-corrected chi connectivity index (χ2v) is 6.98. The van der Waals surface area contributed by atoms with Gasteiger partial charge in [0.2, 0.25) is 5.88 Å². The fourth-order valence-corrected chi connectivity index (χ4v) is 2.89. The van der Waals surface area contributed by atoms with E-state index in [2.05, 4.69) is 43.2 Å². The number of aryl methyl sites for hydroxylation is 1. The summed E-state index contributed by atoms with van der Waals surface area (Å²) >= 11 is 0. The molecule has 1 heterocycles. The number of aromatic nitrogens is 1. The Labute approximate surface area is 129 Å². The van der Waals surface area contributed by atoms with E-state index in [1.165, 1.54) is 18.4 Å². The van der Waals surface area contributed by atoms with E-state index in [1.807, 2.05) is 6.92 Å². The highest BCUT2D eigenvalue weighted by molar-refractivity contribution is 5.24. The molecule has 1 saturated carbocycles. The van der Waals surface area contributed by atoms with Gasteiger partial charge in [0.25, 0.3) is 0 Å². The van der Waals surface area contributed by atoms with Crippen molar-refractivity contribution < 1.29 is 4.74 Å². The number of nitrogens with one attached hydrogen (secondary N) is 1. The zero-order chi connectivity index (χ0) is 15.2. The van der Waals surface area contributed by atoms with Gasteiger partial charge in [-0.15, -0.1) is 0 Å². The Morgan fingerprint density at radius 2 is 1.95 bits per heavy atom. The van der Waals surface area contributed by atoms with Gasteiger partial charge in [-0.05, 0) is 62.6 Å². The summed E-state index contributed by atoms with van der Waals surface area (Å²) in [5.41, 5.74) is 2.31.